The third-order valence-electron chi connectivity index (χ3n) is 1.44. The molecule has 0 saturated carbocycles. The Bertz CT molecular complexity index is 372. The summed E-state index contributed by atoms with van der Waals surface area (Å²) in [5.41, 5.74) is -0.110. The van der Waals surface area contributed by atoms with Crippen LogP contribution in [0.5, 0.6) is 0 Å². The van der Waals surface area contributed by atoms with Gasteiger partial charge in [-0.05, 0) is 12.1 Å². The van der Waals surface area contributed by atoms with Gasteiger partial charge in [-0.3, -0.25) is 0 Å². The summed E-state index contributed by atoms with van der Waals surface area (Å²) >= 11 is 0. The molecule has 0 aliphatic rings. The van der Waals surface area contributed by atoms with Crippen molar-refractivity contribution in [2.24, 2.45) is 0 Å². The zero-order chi connectivity index (χ0) is 9.84. The molecule has 0 amide bonds. The molecule has 0 saturated heterocycles. The van der Waals surface area contributed by atoms with Crippen molar-refractivity contribution in [3.05, 3.63) is 35.1 Å². The number of rotatable bonds is 0. The minimum Gasteiger partial charge on any atom is -0.204 e. The van der Waals surface area contributed by atoms with E-state index in [4.69, 9.17) is 0 Å². The van der Waals surface area contributed by atoms with Crippen LogP contribution in [0.1, 0.15) is 18.9 Å². The average Bonchev–Trinajstić information content (AvgIpc) is 2.13. The van der Waals surface area contributed by atoms with Crippen molar-refractivity contribution in [1.82, 2.24) is 0 Å². The van der Waals surface area contributed by atoms with E-state index < -0.39 is 17.5 Å². The van der Waals surface area contributed by atoms with Gasteiger partial charge >= 0.3 is 0 Å². The van der Waals surface area contributed by atoms with E-state index in [9.17, 15) is 13.2 Å². The normalized spacial score (nSPS) is 9.23. The summed E-state index contributed by atoms with van der Waals surface area (Å²) in [6.45, 7) is 1.78. The van der Waals surface area contributed by atoms with Crippen LogP contribution in [0.25, 0.3) is 0 Å². The molecule has 1 aromatic rings. The van der Waals surface area contributed by atoms with Crippen LogP contribution >= 0.6 is 0 Å². The molecule has 0 aliphatic carbocycles. The second kappa shape index (κ2) is 3.99. The van der Waals surface area contributed by atoms with Gasteiger partial charge in [0, 0.05) is 6.42 Å². The molecular weight excluding hydrogens is 177 g/mol. The lowest BCUT2D eigenvalue weighted by atomic mass is 10.2. The Kier molecular flexibility index (Phi) is 2.97. The van der Waals surface area contributed by atoms with Gasteiger partial charge in [0.05, 0.1) is 5.56 Å². The molecule has 0 N–H and O–H groups in total. The fraction of sp³-hybridized carbons (Fsp3) is 0.200. The Hall–Kier alpha value is -1.43. The maximum Gasteiger partial charge on any atom is 0.195 e. The first-order chi connectivity index (χ1) is 6.16. The van der Waals surface area contributed by atoms with Crippen molar-refractivity contribution >= 4 is 0 Å². The Balaban J connectivity index is 3.18. The second-order valence-corrected chi connectivity index (χ2v) is 2.38. The van der Waals surface area contributed by atoms with Crippen molar-refractivity contribution in [3.63, 3.8) is 0 Å². The van der Waals surface area contributed by atoms with Gasteiger partial charge in [0.25, 0.3) is 0 Å². The van der Waals surface area contributed by atoms with Crippen molar-refractivity contribution in [3.8, 4) is 11.8 Å². The number of halogens is 3. The van der Waals surface area contributed by atoms with Gasteiger partial charge in [-0.15, -0.1) is 0 Å². The maximum absolute atomic E-state index is 12.9. The van der Waals surface area contributed by atoms with E-state index in [-0.39, 0.29) is 5.56 Å². The molecule has 0 spiro atoms. The first kappa shape index (κ1) is 9.66. The summed E-state index contributed by atoms with van der Waals surface area (Å²) < 4.78 is 37.9. The Labute approximate surface area is 74.4 Å². The summed E-state index contributed by atoms with van der Waals surface area (Å²) in [4.78, 5) is 0. The van der Waals surface area contributed by atoms with E-state index in [0.717, 1.165) is 12.1 Å². The summed E-state index contributed by atoms with van der Waals surface area (Å²) in [5.74, 6) is 1.09. The number of hydrogen-bond acceptors (Lipinski definition) is 0. The lowest BCUT2D eigenvalue weighted by Gasteiger charge is -1.96. The maximum atomic E-state index is 12.9. The smallest absolute Gasteiger partial charge is 0.195 e. The molecular formula is C10H7F3. The quantitative estimate of drug-likeness (QED) is 0.429. The van der Waals surface area contributed by atoms with Crippen LogP contribution in [0.4, 0.5) is 13.2 Å². The predicted octanol–water partition coefficient (Wildman–Crippen LogP) is 2.87. The van der Waals surface area contributed by atoms with Crippen molar-refractivity contribution in [2.45, 2.75) is 13.3 Å². The van der Waals surface area contributed by atoms with Gasteiger partial charge in [0.2, 0.25) is 0 Å². The predicted molar refractivity (Wildman–Crippen MR) is 43.5 cm³/mol. The van der Waals surface area contributed by atoms with E-state index in [1.165, 1.54) is 0 Å². The molecule has 0 aliphatic heterocycles. The number of hydrogen-bond donors (Lipinski definition) is 0. The highest BCUT2D eigenvalue weighted by atomic mass is 19.2. The van der Waals surface area contributed by atoms with E-state index in [0.29, 0.717) is 6.42 Å². The molecule has 0 fully saturated rings. The van der Waals surface area contributed by atoms with Gasteiger partial charge in [0.15, 0.2) is 17.5 Å². The highest BCUT2D eigenvalue weighted by Crippen LogP contribution is 2.13. The van der Waals surface area contributed by atoms with Crippen LogP contribution < -0.4 is 0 Å². The van der Waals surface area contributed by atoms with Crippen LogP contribution in [0, 0.1) is 29.3 Å². The van der Waals surface area contributed by atoms with Crippen LogP contribution in [0.3, 0.4) is 0 Å². The summed E-state index contributed by atoms with van der Waals surface area (Å²) in [5, 5.41) is 0. The minimum absolute atomic E-state index is 0.110. The lowest BCUT2D eigenvalue weighted by molar-refractivity contribution is 0.446. The molecule has 0 unspecified atom stereocenters. The van der Waals surface area contributed by atoms with Gasteiger partial charge in [-0.1, -0.05) is 18.8 Å². The third kappa shape index (κ3) is 2.03. The van der Waals surface area contributed by atoms with E-state index in [2.05, 4.69) is 11.8 Å². The van der Waals surface area contributed by atoms with Crippen molar-refractivity contribution in [2.75, 3.05) is 0 Å². The van der Waals surface area contributed by atoms with Gasteiger partial charge in [-0.2, -0.15) is 0 Å². The summed E-state index contributed by atoms with van der Waals surface area (Å²) in [7, 11) is 0. The van der Waals surface area contributed by atoms with Crippen LogP contribution in [-0.4, -0.2) is 0 Å². The van der Waals surface area contributed by atoms with Crippen LogP contribution in [-0.2, 0) is 0 Å². The Morgan fingerprint density at radius 3 is 2.46 bits per heavy atom. The van der Waals surface area contributed by atoms with Gasteiger partial charge < -0.3 is 0 Å². The van der Waals surface area contributed by atoms with Crippen molar-refractivity contribution < 1.29 is 13.2 Å². The van der Waals surface area contributed by atoms with Gasteiger partial charge in [0.1, 0.15) is 0 Å². The van der Waals surface area contributed by atoms with E-state index in [1.807, 2.05) is 0 Å². The molecule has 0 nitrogen and oxygen atoms in total. The van der Waals surface area contributed by atoms with Crippen molar-refractivity contribution in [1.29, 1.82) is 0 Å². The highest BCUT2D eigenvalue weighted by Gasteiger charge is 2.11. The first-order valence-electron chi connectivity index (χ1n) is 3.79. The molecule has 0 aromatic heterocycles. The molecule has 0 atom stereocenters. The molecule has 0 radical (unpaired) electrons. The average molecular weight is 184 g/mol. The van der Waals surface area contributed by atoms with Gasteiger partial charge in [-0.25, -0.2) is 13.2 Å². The number of benzene rings is 1. The summed E-state index contributed by atoms with van der Waals surface area (Å²) in [6.07, 6.45) is 0.540. The van der Waals surface area contributed by atoms with Crippen LogP contribution in [0.2, 0.25) is 0 Å². The second-order valence-electron chi connectivity index (χ2n) is 2.38. The third-order valence-corrected chi connectivity index (χ3v) is 1.44. The monoisotopic (exact) mass is 184 g/mol. The topological polar surface area (TPSA) is 0 Å². The zero-order valence-electron chi connectivity index (χ0n) is 7.00. The molecule has 1 aromatic carbocycles. The largest absolute Gasteiger partial charge is 0.204 e. The van der Waals surface area contributed by atoms with E-state index in [1.54, 1.807) is 6.92 Å². The molecule has 3 heteroatoms. The molecule has 68 valence electrons. The zero-order valence-corrected chi connectivity index (χ0v) is 7.00. The minimum atomic E-state index is -1.47. The van der Waals surface area contributed by atoms with E-state index >= 15 is 0 Å². The fourth-order valence-electron chi connectivity index (χ4n) is 0.806. The lowest BCUT2D eigenvalue weighted by Crippen LogP contribution is -1.93. The fourth-order valence-corrected chi connectivity index (χ4v) is 0.806. The molecule has 0 heterocycles. The molecule has 1 rings (SSSR count). The van der Waals surface area contributed by atoms with Crippen LogP contribution in [0.15, 0.2) is 12.1 Å². The molecule has 0 bridgehead atoms. The summed E-state index contributed by atoms with van der Waals surface area (Å²) in [6, 6.07) is 1.98. The Morgan fingerprint density at radius 2 is 1.85 bits per heavy atom. The Morgan fingerprint density at radius 1 is 1.15 bits per heavy atom. The standard InChI is InChI=1S/C10H7F3/c1-2-3-4-7-5-6-8(11)10(13)9(7)12/h5-6H,2H2,1H3. The first-order valence-corrected chi connectivity index (χ1v) is 3.79. The highest BCUT2D eigenvalue weighted by molar-refractivity contribution is 5.36. The SMILES string of the molecule is CCC#Cc1ccc(F)c(F)c1F. The molecule has 13 heavy (non-hydrogen) atoms.